The first-order valence-electron chi connectivity index (χ1n) is 8.46. The van der Waals surface area contributed by atoms with Gasteiger partial charge in [-0.1, -0.05) is 50.9 Å². The van der Waals surface area contributed by atoms with Crippen LogP contribution in [-0.2, 0) is 20.0 Å². The van der Waals surface area contributed by atoms with E-state index in [9.17, 15) is 0 Å². The van der Waals surface area contributed by atoms with Crippen LogP contribution >= 0.6 is 11.6 Å². The summed E-state index contributed by atoms with van der Waals surface area (Å²) in [7, 11) is 2.01. The molecule has 0 aliphatic carbocycles. The molecule has 0 bridgehead atoms. The van der Waals surface area contributed by atoms with Gasteiger partial charge in [-0.05, 0) is 24.5 Å². The van der Waals surface area contributed by atoms with Crippen molar-refractivity contribution in [2.75, 3.05) is 6.54 Å². The molecule has 1 aliphatic rings. The lowest BCUT2D eigenvalue weighted by atomic mass is 10.0. The molecular weight excluding hydrogens is 306 g/mol. The van der Waals surface area contributed by atoms with E-state index in [1.807, 2.05) is 24.7 Å². The van der Waals surface area contributed by atoms with Gasteiger partial charge in [0.25, 0.3) is 0 Å². The van der Waals surface area contributed by atoms with Crippen molar-refractivity contribution in [3.63, 3.8) is 0 Å². The number of aryl methyl sites for hydroxylation is 2. The van der Waals surface area contributed by atoms with E-state index in [0.29, 0.717) is 0 Å². The van der Waals surface area contributed by atoms with Crippen molar-refractivity contribution in [1.29, 1.82) is 0 Å². The molecule has 0 spiro atoms. The Hall–Kier alpha value is -1.32. The highest BCUT2D eigenvalue weighted by Gasteiger charge is 2.21. The molecule has 1 aliphatic heterocycles. The van der Waals surface area contributed by atoms with E-state index in [1.54, 1.807) is 0 Å². The largest absolute Gasteiger partial charge is 0.312 e. The summed E-state index contributed by atoms with van der Waals surface area (Å²) < 4.78 is 1.99. The monoisotopic (exact) mass is 333 g/mol. The number of halogens is 1. The number of fused-ring (bicyclic) bond motifs is 1. The molecule has 0 saturated heterocycles. The van der Waals surface area contributed by atoms with Gasteiger partial charge in [0.2, 0.25) is 0 Å². The van der Waals surface area contributed by atoms with E-state index < -0.39 is 0 Å². The number of nitrogens with zero attached hydrogens (tertiary/aromatic N) is 2. The van der Waals surface area contributed by atoms with Gasteiger partial charge < -0.3 is 5.32 Å². The number of hydrogen-bond donors (Lipinski definition) is 1. The molecule has 0 fully saturated rings. The van der Waals surface area contributed by atoms with Crippen LogP contribution in [0, 0.1) is 12.8 Å². The third kappa shape index (κ3) is 4.36. The smallest absolute Gasteiger partial charge is 0.0985 e. The zero-order chi connectivity index (χ0) is 17.0. The Morgan fingerprint density at radius 3 is 2.65 bits per heavy atom. The summed E-state index contributed by atoms with van der Waals surface area (Å²) in [5.41, 5.74) is 5.83. The van der Waals surface area contributed by atoms with Crippen molar-refractivity contribution in [3.8, 4) is 11.3 Å². The van der Waals surface area contributed by atoms with Crippen molar-refractivity contribution in [3.05, 3.63) is 40.0 Å². The Morgan fingerprint density at radius 1 is 1.35 bits per heavy atom. The molecule has 0 atom stereocenters. The van der Waals surface area contributed by atoms with Crippen molar-refractivity contribution < 1.29 is 0 Å². The van der Waals surface area contributed by atoms with Gasteiger partial charge in [-0.3, -0.25) is 4.68 Å². The summed E-state index contributed by atoms with van der Waals surface area (Å²) in [6.45, 7) is 10.6. The van der Waals surface area contributed by atoms with Crippen LogP contribution in [-0.4, -0.2) is 16.3 Å². The van der Waals surface area contributed by atoms with Crippen molar-refractivity contribution in [2.45, 2.75) is 47.1 Å². The Kier molecular flexibility index (Phi) is 6.25. The van der Waals surface area contributed by atoms with Crippen LogP contribution in [0.4, 0.5) is 0 Å². The molecule has 1 aromatic heterocycles. The second-order valence-electron chi connectivity index (χ2n) is 6.61. The van der Waals surface area contributed by atoms with E-state index >= 15 is 0 Å². The highest BCUT2D eigenvalue weighted by Crippen LogP contribution is 2.32. The minimum atomic E-state index is 0.779. The fourth-order valence-electron chi connectivity index (χ4n) is 2.55. The van der Waals surface area contributed by atoms with E-state index in [-0.39, 0.29) is 0 Å². The van der Waals surface area contributed by atoms with Crippen molar-refractivity contribution in [2.24, 2.45) is 13.0 Å². The minimum absolute atomic E-state index is 0.779. The molecule has 0 saturated carbocycles. The fraction of sp³-hybridized carbons (Fsp3) is 0.526. The van der Waals surface area contributed by atoms with Gasteiger partial charge >= 0.3 is 0 Å². The summed E-state index contributed by atoms with van der Waals surface area (Å²) in [4.78, 5) is 0. The molecule has 0 unspecified atom stereocenters. The van der Waals surface area contributed by atoms with E-state index in [0.717, 1.165) is 41.7 Å². The molecule has 126 valence electrons. The first-order chi connectivity index (χ1) is 10.9. The van der Waals surface area contributed by atoms with Gasteiger partial charge in [-0.25, -0.2) is 0 Å². The highest BCUT2D eigenvalue weighted by atomic mass is 35.5. The van der Waals surface area contributed by atoms with Crippen LogP contribution in [0.2, 0.25) is 5.02 Å². The predicted octanol–water partition coefficient (Wildman–Crippen LogP) is 4.75. The molecule has 2 aromatic rings. The van der Waals surface area contributed by atoms with Crippen LogP contribution in [0.25, 0.3) is 11.3 Å². The van der Waals surface area contributed by atoms with E-state index in [2.05, 4.69) is 43.3 Å². The molecule has 3 nitrogen and oxygen atoms in total. The van der Waals surface area contributed by atoms with Gasteiger partial charge in [0.05, 0.1) is 10.7 Å². The Morgan fingerprint density at radius 2 is 2.04 bits per heavy atom. The second-order valence-corrected chi connectivity index (χ2v) is 7.02. The quantitative estimate of drug-likeness (QED) is 0.859. The highest BCUT2D eigenvalue weighted by molar-refractivity contribution is 6.33. The average Bonchev–Trinajstić information content (AvgIpc) is 2.85. The number of rotatable bonds is 2. The molecule has 0 amide bonds. The lowest BCUT2D eigenvalue weighted by Gasteiger charge is -2.14. The lowest BCUT2D eigenvalue weighted by Crippen LogP contribution is -2.24. The molecule has 3 rings (SSSR count). The standard InChI is InChI=1S/C14H16ClN3.C5H12/c1-9-3-4-10(12(15)7-9)14-11-8-16-6-5-13(11)18(2)17-14;1-4-5(2)3/h3-4,7,16H,5-6,8H2,1-2H3;5H,4H2,1-3H3. The van der Waals surface area contributed by atoms with Gasteiger partial charge in [0.1, 0.15) is 0 Å². The van der Waals surface area contributed by atoms with Crippen LogP contribution < -0.4 is 5.32 Å². The molecule has 23 heavy (non-hydrogen) atoms. The summed E-state index contributed by atoms with van der Waals surface area (Å²) in [6, 6.07) is 6.14. The fourth-order valence-corrected chi connectivity index (χ4v) is 2.87. The summed E-state index contributed by atoms with van der Waals surface area (Å²) in [5.74, 6) is 0.884. The SMILES string of the molecule is CCC(C)C.Cc1ccc(-c2nn(C)c3c2CNCC3)c(Cl)c1. The number of aromatic nitrogens is 2. The Bertz CT molecular complexity index is 659. The van der Waals surface area contributed by atoms with E-state index in [4.69, 9.17) is 11.6 Å². The normalized spacial score (nSPS) is 13.5. The third-order valence-corrected chi connectivity index (χ3v) is 4.62. The van der Waals surface area contributed by atoms with Crippen LogP contribution in [0.5, 0.6) is 0 Å². The number of hydrogen-bond acceptors (Lipinski definition) is 2. The average molecular weight is 334 g/mol. The summed E-state index contributed by atoms with van der Waals surface area (Å²) >= 11 is 6.35. The van der Waals surface area contributed by atoms with Gasteiger partial charge in [0.15, 0.2) is 0 Å². The van der Waals surface area contributed by atoms with Crippen molar-refractivity contribution >= 4 is 11.6 Å². The Balaban J connectivity index is 0.000000338. The van der Waals surface area contributed by atoms with Gasteiger partial charge in [0, 0.05) is 43.4 Å². The minimum Gasteiger partial charge on any atom is -0.312 e. The maximum absolute atomic E-state index is 6.35. The first-order valence-corrected chi connectivity index (χ1v) is 8.83. The van der Waals surface area contributed by atoms with Crippen LogP contribution in [0.1, 0.15) is 44.0 Å². The summed E-state index contributed by atoms with van der Waals surface area (Å²) in [6.07, 6.45) is 2.34. The zero-order valence-corrected chi connectivity index (χ0v) is 15.7. The van der Waals surface area contributed by atoms with Crippen LogP contribution in [0.15, 0.2) is 18.2 Å². The third-order valence-electron chi connectivity index (χ3n) is 4.31. The summed E-state index contributed by atoms with van der Waals surface area (Å²) in [5, 5.41) is 8.82. The maximum Gasteiger partial charge on any atom is 0.0985 e. The van der Waals surface area contributed by atoms with Gasteiger partial charge in [-0.15, -0.1) is 0 Å². The molecule has 4 heteroatoms. The zero-order valence-electron chi connectivity index (χ0n) is 14.9. The maximum atomic E-state index is 6.35. The first kappa shape index (κ1) is 18.0. The molecule has 0 radical (unpaired) electrons. The molecular formula is C19H28ClN3. The Labute approximate surface area is 145 Å². The topological polar surface area (TPSA) is 29.9 Å². The van der Waals surface area contributed by atoms with Crippen molar-refractivity contribution in [1.82, 2.24) is 15.1 Å². The molecule has 1 N–H and O–H groups in total. The van der Waals surface area contributed by atoms with E-state index in [1.165, 1.54) is 23.2 Å². The lowest BCUT2D eigenvalue weighted by molar-refractivity contribution is 0.604. The molecule has 1 aromatic carbocycles. The molecule has 2 heterocycles. The van der Waals surface area contributed by atoms with Gasteiger partial charge in [-0.2, -0.15) is 5.10 Å². The van der Waals surface area contributed by atoms with Crippen LogP contribution in [0.3, 0.4) is 0 Å². The predicted molar refractivity (Wildman–Crippen MR) is 98.9 cm³/mol. The second kappa shape index (κ2) is 7.98. The number of nitrogens with one attached hydrogen (secondary N) is 1. The number of benzene rings is 1.